The number of piperazine rings is 1. The number of hydrogen-bond acceptors (Lipinski definition) is 6. The lowest BCUT2D eigenvalue weighted by atomic mass is 10.1. The number of pyridine rings is 1. The molecule has 4 rings (SSSR count). The zero-order valence-corrected chi connectivity index (χ0v) is 21.7. The maximum Gasteiger partial charge on any atom is 0.329 e. The molecular weight excluding hydrogens is 482 g/mol. The van der Waals surface area contributed by atoms with Crippen molar-refractivity contribution in [3.63, 3.8) is 0 Å². The number of nitrogens with zero attached hydrogens (tertiary/aromatic N) is 4. The maximum absolute atomic E-state index is 13.1. The van der Waals surface area contributed by atoms with Gasteiger partial charge >= 0.3 is 12.0 Å². The van der Waals surface area contributed by atoms with Gasteiger partial charge in [0.15, 0.2) is 0 Å². The van der Waals surface area contributed by atoms with Crippen LogP contribution in [0.2, 0.25) is 0 Å². The van der Waals surface area contributed by atoms with Crippen LogP contribution in [0.15, 0.2) is 79.1 Å². The highest BCUT2D eigenvalue weighted by Crippen LogP contribution is 2.23. The molecule has 3 aromatic rings. The van der Waals surface area contributed by atoms with E-state index in [1.807, 2.05) is 78.7 Å². The predicted octanol–water partition coefficient (Wildman–Crippen LogP) is 3.49. The molecule has 0 saturated carbocycles. The normalized spacial score (nSPS) is 13.9. The first-order chi connectivity index (χ1) is 18.5. The average Bonchev–Trinajstić information content (AvgIpc) is 2.97. The van der Waals surface area contributed by atoms with E-state index in [0.717, 1.165) is 16.9 Å². The van der Waals surface area contributed by atoms with E-state index in [4.69, 9.17) is 4.74 Å². The summed E-state index contributed by atoms with van der Waals surface area (Å²) < 4.78 is 5.18. The third kappa shape index (κ3) is 6.67. The topological polar surface area (TPSA) is 95.1 Å². The van der Waals surface area contributed by atoms with E-state index in [9.17, 15) is 14.4 Å². The first-order valence-corrected chi connectivity index (χ1v) is 12.8. The summed E-state index contributed by atoms with van der Waals surface area (Å²) in [6.45, 7) is 3.55. The number of carbonyl (C=O) groups excluding carboxylic acids is 3. The first kappa shape index (κ1) is 26.7. The number of carbonyl (C=O) groups is 3. The molecule has 1 atom stereocenters. The molecule has 0 spiro atoms. The largest absolute Gasteiger partial charge is 0.464 e. The van der Waals surface area contributed by atoms with Gasteiger partial charge in [-0.05, 0) is 48.9 Å². The SMILES string of the molecule is CCOC(=O)C(Cc1ccccc1)NC(=O)N1CCN(C(=O)c2ccc(N(C)c3ccncc3)cc2)CC1. The van der Waals surface area contributed by atoms with Gasteiger partial charge < -0.3 is 24.8 Å². The number of anilines is 2. The molecule has 0 aliphatic carbocycles. The number of aromatic nitrogens is 1. The molecule has 9 nitrogen and oxygen atoms in total. The molecule has 38 heavy (non-hydrogen) atoms. The summed E-state index contributed by atoms with van der Waals surface area (Å²) in [6.07, 6.45) is 3.82. The quantitative estimate of drug-likeness (QED) is 0.462. The van der Waals surface area contributed by atoms with Crippen molar-refractivity contribution in [1.82, 2.24) is 20.1 Å². The molecule has 9 heteroatoms. The summed E-state index contributed by atoms with van der Waals surface area (Å²) in [7, 11) is 1.96. The highest BCUT2D eigenvalue weighted by molar-refractivity contribution is 5.95. The Kier molecular flexibility index (Phi) is 8.92. The second-order valence-electron chi connectivity index (χ2n) is 9.03. The van der Waals surface area contributed by atoms with Crippen LogP contribution in [0, 0.1) is 0 Å². The Labute approximate surface area is 223 Å². The number of ether oxygens (including phenoxy) is 1. The molecule has 3 amide bonds. The molecular formula is C29H33N5O4. The summed E-state index contributed by atoms with van der Waals surface area (Å²) in [5.41, 5.74) is 3.49. The summed E-state index contributed by atoms with van der Waals surface area (Å²) >= 11 is 0. The Morgan fingerprint density at radius 1 is 0.895 bits per heavy atom. The van der Waals surface area contributed by atoms with Gasteiger partial charge in [-0.3, -0.25) is 9.78 Å². The molecule has 2 heterocycles. The van der Waals surface area contributed by atoms with Crippen molar-refractivity contribution < 1.29 is 19.1 Å². The van der Waals surface area contributed by atoms with Crippen LogP contribution in [-0.4, -0.2) is 78.6 Å². The second kappa shape index (κ2) is 12.7. The highest BCUT2D eigenvalue weighted by Gasteiger charge is 2.29. The van der Waals surface area contributed by atoms with E-state index in [1.54, 1.807) is 29.1 Å². The lowest BCUT2D eigenvalue weighted by molar-refractivity contribution is -0.145. The van der Waals surface area contributed by atoms with E-state index in [0.29, 0.717) is 38.2 Å². The first-order valence-electron chi connectivity index (χ1n) is 12.8. The van der Waals surface area contributed by atoms with E-state index in [2.05, 4.69) is 10.3 Å². The van der Waals surface area contributed by atoms with Gasteiger partial charge in [0, 0.05) is 69.0 Å². The molecule has 0 bridgehead atoms. The fraction of sp³-hybridized carbons (Fsp3) is 0.310. The summed E-state index contributed by atoms with van der Waals surface area (Å²) in [5, 5.41) is 2.83. The third-order valence-electron chi connectivity index (χ3n) is 6.56. The molecule has 0 radical (unpaired) electrons. The molecule has 1 fully saturated rings. The van der Waals surface area contributed by atoms with Gasteiger partial charge in [0.2, 0.25) is 0 Å². The predicted molar refractivity (Wildman–Crippen MR) is 145 cm³/mol. The van der Waals surface area contributed by atoms with Gasteiger partial charge in [0.05, 0.1) is 6.61 Å². The van der Waals surface area contributed by atoms with E-state index >= 15 is 0 Å². The number of rotatable bonds is 8. The van der Waals surface area contributed by atoms with Crippen molar-refractivity contribution in [3.05, 3.63) is 90.3 Å². The summed E-state index contributed by atoms with van der Waals surface area (Å²) in [4.78, 5) is 48.0. The van der Waals surface area contributed by atoms with Crippen LogP contribution >= 0.6 is 0 Å². The number of urea groups is 1. The summed E-state index contributed by atoms with van der Waals surface area (Å²) in [6, 6.07) is 19.7. The Morgan fingerprint density at radius 3 is 2.13 bits per heavy atom. The second-order valence-corrected chi connectivity index (χ2v) is 9.03. The van der Waals surface area contributed by atoms with Gasteiger partial charge in [0.1, 0.15) is 6.04 Å². The Morgan fingerprint density at radius 2 is 1.50 bits per heavy atom. The summed E-state index contributed by atoms with van der Waals surface area (Å²) in [5.74, 6) is -0.534. The maximum atomic E-state index is 13.1. The van der Waals surface area contributed by atoms with Crippen LogP contribution in [0.5, 0.6) is 0 Å². The molecule has 1 aromatic heterocycles. The number of amides is 3. The van der Waals surface area contributed by atoms with Gasteiger partial charge in [0.25, 0.3) is 5.91 Å². The van der Waals surface area contributed by atoms with E-state index < -0.39 is 12.0 Å². The van der Waals surface area contributed by atoms with Gasteiger partial charge in [-0.1, -0.05) is 30.3 Å². The zero-order chi connectivity index (χ0) is 26.9. The van der Waals surface area contributed by atoms with Crippen LogP contribution in [0.4, 0.5) is 16.2 Å². The molecule has 1 N–H and O–H groups in total. The Hall–Kier alpha value is -4.40. The molecule has 2 aromatic carbocycles. The van der Waals surface area contributed by atoms with Crippen LogP contribution < -0.4 is 10.2 Å². The van der Waals surface area contributed by atoms with Gasteiger partial charge in [-0.15, -0.1) is 0 Å². The van der Waals surface area contributed by atoms with Crippen LogP contribution in [-0.2, 0) is 16.0 Å². The number of nitrogens with one attached hydrogen (secondary N) is 1. The van der Waals surface area contributed by atoms with Crippen LogP contribution in [0.25, 0.3) is 0 Å². The van der Waals surface area contributed by atoms with Crippen molar-refractivity contribution in [1.29, 1.82) is 0 Å². The van der Waals surface area contributed by atoms with Crippen molar-refractivity contribution in [2.45, 2.75) is 19.4 Å². The number of benzene rings is 2. The average molecular weight is 516 g/mol. The molecule has 1 aliphatic rings. The molecule has 1 saturated heterocycles. The van der Waals surface area contributed by atoms with Crippen molar-refractivity contribution in [2.75, 3.05) is 44.7 Å². The highest BCUT2D eigenvalue weighted by atomic mass is 16.5. The smallest absolute Gasteiger partial charge is 0.329 e. The van der Waals surface area contributed by atoms with Crippen molar-refractivity contribution >= 4 is 29.3 Å². The molecule has 1 unspecified atom stereocenters. The van der Waals surface area contributed by atoms with E-state index in [-0.39, 0.29) is 18.5 Å². The standard InChI is InChI=1S/C29H33N5O4/c1-3-38-28(36)26(21-22-7-5-4-6-8-22)31-29(37)34-19-17-33(18-20-34)27(35)23-9-11-24(12-10-23)32(2)25-13-15-30-16-14-25/h4-16,26H,3,17-21H2,1-2H3,(H,31,37). The minimum Gasteiger partial charge on any atom is -0.464 e. The van der Waals surface area contributed by atoms with E-state index in [1.165, 1.54) is 0 Å². The van der Waals surface area contributed by atoms with Crippen LogP contribution in [0.3, 0.4) is 0 Å². The third-order valence-corrected chi connectivity index (χ3v) is 6.56. The monoisotopic (exact) mass is 515 g/mol. The Bertz CT molecular complexity index is 1210. The fourth-order valence-corrected chi connectivity index (χ4v) is 4.37. The molecule has 198 valence electrons. The van der Waals surface area contributed by atoms with Gasteiger partial charge in [-0.25, -0.2) is 9.59 Å². The lowest BCUT2D eigenvalue weighted by Crippen LogP contribution is -2.56. The van der Waals surface area contributed by atoms with Crippen molar-refractivity contribution in [2.24, 2.45) is 0 Å². The van der Waals surface area contributed by atoms with Gasteiger partial charge in [-0.2, -0.15) is 0 Å². The zero-order valence-electron chi connectivity index (χ0n) is 21.7. The molecule has 1 aliphatic heterocycles. The number of esters is 1. The Balaban J connectivity index is 1.32. The lowest BCUT2D eigenvalue weighted by Gasteiger charge is -2.35. The fourth-order valence-electron chi connectivity index (χ4n) is 4.37. The minimum atomic E-state index is -0.784. The van der Waals surface area contributed by atoms with Crippen LogP contribution in [0.1, 0.15) is 22.8 Å². The minimum absolute atomic E-state index is 0.0725. The van der Waals surface area contributed by atoms with Crippen molar-refractivity contribution in [3.8, 4) is 0 Å². The number of hydrogen-bond donors (Lipinski definition) is 1.